The van der Waals surface area contributed by atoms with Gasteiger partial charge in [0.2, 0.25) is 0 Å². The van der Waals surface area contributed by atoms with Crippen LogP contribution >= 0.6 is 0 Å². The van der Waals surface area contributed by atoms with E-state index < -0.39 is 0 Å². The first-order chi connectivity index (χ1) is 12.1. The normalized spacial score (nSPS) is 17.0. The highest BCUT2D eigenvalue weighted by Gasteiger charge is 2.27. The molecule has 2 aromatic rings. The maximum atomic E-state index is 12.9. The van der Waals surface area contributed by atoms with Gasteiger partial charge in [-0.2, -0.15) is 5.26 Å². The lowest BCUT2D eigenvalue weighted by molar-refractivity contribution is 0.0707. The first kappa shape index (κ1) is 17.0. The summed E-state index contributed by atoms with van der Waals surface area (Å²) in [6.07, 6.45) is 3.62. The zero-order valence-electron chi connectivity index (χ0n) is 14.6. The molecule has 1 saturated heterocycles. The number of carbonyl (C=O) groups excluding carboxylic acids is 1. The van der Waals surface area contributed by atoms with Gasteiger partial charge in [0, 0.05) is 44.9 Å². The van der Waals surface area contributed by atoms with Gasteiger partial charge in [0.1, 0.15) is 5.82 Å². The molecule has 3 rings (SSSR count). The molecule has 0 aliphatic carbocycles. The van der Waals surface area contributed by atoms with E-state index in [0.717, 1.165) is 30.8 Å². The molecule has 2 heterocycles. The molecular weight excluding hydrogens is 312 g/mol. The number of likely N-dealkylation sites (tertiary alicyclic amines) is 1. The van der Waals surface area contributed by atoms with Crippen LogP contribution in [0.3, 0.4) is 0 Å². The largest absolute Gasteiger partial charge is 0.363 e. The van der Waals surface area contributed by atoms with Crippen LogP contribution in [0.2, 0.25) is 0 Å². The minimum absolute atomic E-state index is 0.0321. The Balaban J connectivity index is 1.80. The molecule has 0 unspecified atom stereocenters. The fourth-order valence-corrected chi connectivity index (χ4v) is 3.35. The molecule has 1 aromatic carbocycles. The van der Waals surface area contributed by atoms with Gasteiger partial charge in [0.15, 0.2) is 0 Å². The van der Waals surface area contributed by atoms with Gasteiger partial charge < -0.3 is 9.80 Å². The van der Waals surface area contributed by atoms with Crippen molar-refractivity contribution in [2.24, 2.45) is 0 Å². The van der Waals surface area contributed by atoms with E-state index in [1.54, 1.807) is 12.3 Å². The molecule has 25 heavy (non-hydrogen) atoms. The van der Waals surface area contributed by atoms with Crippen molar-refractivity contribution in [2.75, 3.05) is 32.1 Å². The van der Waals surface area contributed by atoms with Crippen molar-refractivity contribution in [3.05, 3.63) is 59.3 Å². The lowest BCUT2D eigenvalue weighted by Gasteiger charge is -2.33. The van der Waals surface area contributed by atoms with Crippen LogP contribution in [-0.4, -0.2) is 43.0 Å². The number of amides is 1. The molecule has 5 nitrogen and oxygen atoms in total. The van der Waals surface area contributed by atoms with E-state index in [1.165, 1.54) is 0 Å². The third kappa shape index (κ3) is 3.63. The number of pyridine rings is 1. The average molecular weight is 334 g/mol. The van der Waals surface area contributed by atoms with E-state index in [9.17, 15) is 10.1 Å². The van der Waals surface area contributed by atoms with Gasteiger partial charge in [-0.05, 0) is 36.6 Å². The maximum Gasteiger partial charge on any atom is 0.254 e. The minimum Gasteiger partial charge on any atom is -0.363 e. The Bertz CT molecular complexity index is 809. The second-order valence-electron chi connectivity index (χ2n) is 6.59. The van der Waals surface area contributed by atoms with Crippen molar-refractivity contribution in [3.8, 4) is 6.07 Å². The van der Waals surface area contributed by atoms with Crippen LogP contribution < -0.4 is 4.90 Å². The monoisotopic (exact) mass is 334 g/mol. The third-order valence-corrected chi connectivity index (χ3v) is 4.68. The molecule has 5 heteroatoms. The van der Waals surface area contributed by atoms with Crippen molar-refractivity contribution in [3.63, 3.8) is 0 Å². The van der Waals surface area contributed by atoms with Gasteiger partial charge in [0.25, 0.3) is 5.91 Å². The topological polar surface area (TPSA) is 60.2 Å². The fourth-order valence-electron chi connectivity index (χ4n) is 3.35. The molecule has 1 aromatic heterocycles. The number of carbonyl (C=O) groups is 1. The van der Waals surface area contributed by atoms with Gasteiger partial charge in [-0.1, -0.05) is 18.2 Å². The zero-order chi connectivity index (χ0) is 17.8. The number of piperidine rings is 1. The summed E-state index contributed by atoms with van der Waals surface area (Å²) in [7, 11) is 3.82. The highest BCUT2D eigenvalue weighted by Crippen LogP contribution is 2.30. The molecule has 1 aliphatic rings. The Morgan fingerprint density at radius 2 is 2.12 bits per heavy atom. The van der Waals surface area contributed by atoms with E-state index >= 15 is 0 Å². The summed E-state index contributed by atoms with van der Waals surface area (Å²) in [5.74, 6) is 1.02. The number of hydrogen-bond donors (Lipinski definition) is 0. The fraction of sp³-hybridized carbons (Fsp3) is 0.350. The number of benzene rings is 1. The second kappa shape index (κ2) is 7.35. The Morgan fingerprint density at radius 3 is 2.88 bits per heavy atom. The van der Waals surface area contributed by atoms with E-state index in [4.69, 9.17) is 0 Å². The predicted octanol–water partition coefficient (Wildman–Crippen LogP) is 3.04. The standard InChI is InChI=1S/C20H22N4O/c1-23(2)19-12-15(9-10-22-19)20(25)24-11-5-7-17(14-24)18-8-4-3-6-16(18)13-21/h3-4,6,8-10,12,17H,5,7,11,14H2,1-2H3/t17-/m0/s1. The van der Waals surface area contributed by atoms with Crippen LogP contribution in [0, 0.1) is 11.3 Å². The molecule has 1 atom stereocenters. The first-order valence-corrected chi connectivity index (χ1v) is 8.52. The summed E-state index contributed by atoms with van der Waals surface area (Å²) >= 11 is 0. The van der Waals surface area contributed by atoms with Gasteiger partial charge in [0.05, 0.1) is 11.6 Å². The number of hydrogen-bond acceptors (Lipinski definition) is 4. The number of nitrogens with zero attached hydrogens (tertiary/aromatic N) is 4. The molecule has 0 N–H and O–H groups in total. The lowest BCUT2D eigenvalue weighted by atomic mass is 9.87. The van der Waals surface area contributed by atoms with Crippen LogP contribution in [0.15, 0.2) is 42.6 Å². The van der Waals surface area contributed by atoms with E-state index in [2.05, 4.69) is 11.1 Å². The Labute approximate surface area is 148 Å². The molecule has 1 fully saturated rings. The average Bonchev–Trinajstić information content (AvgIpc) is 2.67. The summed E-state index contributed by atoms with van der Waals surface area (Å²) in [4.78, 5) is 21.0. The lowest BCUT2D eigenvalue weighted by Crippen LogP contribution is -2.39. The van der Waals surface area contributed by atoms with E-state index in [-0.39, 0.29) is 11.8 Å². The van der Waals surface area contributed by atoms with Crippen LogP contribution in [0.5, 0.6) is 0 Å². The highest BCUT2D eigenvalue weighted by molar-refractivity contribution is 5.95. The molecule has 1 amide bonds. The second-order valence-corrected chi connectivity index (χ2v) is 6.59. The molecule has 128 valence electrons. The van der Waals surface area contributed by atoms with Gasteiger partial charge in [-0.25, -0.2) is 4.98 Å². The molecule has 0 radical (unpaired) electrons. The molecular formula is C20H22N4O. The van der Waals surface area contributed by atoms with Crippen LogP contribution in [0.4, 0.5) is 5.82 Å². The van der Waals surface area contributed by atoms with Crippen LogP contribution in [0.25, 0.3) is 0 Å². The third-order valence-electron chi connectivity index (χ3n) is 4.68. The van der Waals surface area contributed by atoms with Crippen molar-refractivity contribution >= 4 is 11.7 Å². The first-order valence-electron chi connectivity index (χ1n) is 8.52. The Morgan fingerprint density at radius 1 is 1.32 bits per heavy atom. The summed E-state index contributed by atoms with van der Waals surface area (Å²) in [5, 5.41) is 9.34. The number of aromatic nitrogens is 1. The predicted molar refractivity (Wildman–Crippen MR) is 97.6 cm³/mol. The van der Waals surface area contributed by atoms with Crippen molar-refractivity contribution in [1.82, 2.24) is 9.88 Å². The summed E-state index contributed by atoms with van der Waals surface area (Å²) < 4.78 is 0. The van der Waals surface area contributed by atoms with Crippen LogP contribution in [0.1, 0.15) is 40.2 Å². The molecule has 0 spiro atoms. The quantitative estimate of drug-likeness (QED) is 0.865. The Hall–Kier alpha value is -2.87. The summed E-state index contributed by atoms with van der Waals surface area (Å²) in [6, 6.07) is 13.6. The number of rotatable bonds is 3. The van der Waals surface area contributed by atoms with Crippen LogP contribution in [-0.2, 0) is 0 Å². The minimum atomic E-state index is 0.0321. The zero-order valence-corrected chi connectivity index (χ0v) is 14.6. The van der Waals surface area contributed by atoms with Gasteiger partial charge >= 0.3 is 0 Å². The van der Waals surface area contributed by atoms with E-state index in [0.29, 0.717) is 17.7 Å². The Kier molecular flexibility index (Phi) is 4.99. The highest BCUT2D eigenvalue weighted by atomic mass is 16.2. The number of nitriles is 1. The summed E-state index contributed by atoms with van der Waals surface area (Å²) in [5.41, 5.74) is 2.42. The molecule has 0 bridgehead atoms. The van der Waals surface area contributed by atoms with Gasteiger partial charge in [-0.15, -0.1) is 0 Å². The van der Waals surface area contributed by atoms with Crippen molar-refractivity contribution in [1.29, 1.82) is 5.26 Å². The molecule has 1 aliphatic heterocycles. The SMILES string of the molecule is CN(C)c1cc(C(=O)N2CCC[C@H](c3ccccc3C#N)C2)ccn1. The smallest absolute Gasteiger partial charge is 0.254 e. The summed E-state index contributed by atoms with van der Waals surface area (Å²) in [6.45, 7) is 1.40. The maximum absolute atomic E-state index is 12.9. The van der Waals surface area contributed by atoms with Gasteiger partial charge in [-0.3, -0.25) is 4.79 Å². The number of anilines is 1. The van der Waals surface area contributed by atoms with Crippen molar-refractivity contribution < 1.29 is 4.79 Å². The van der Waals surface area contributed by atoms with Crippen molar-refractivity contribution in [2.45, 2.75) is 18.8 Å². The van der Waals surface area contributed by atoms with E-state index in [1.807, 2.05) is 54.2 Å². The molecule has 0 saturated carbocycles.